The van der Waals surface area contributed by atoms with Crippen LogP contribution < -0.4 is 0 Å². The lowest BCUT2D eigenvalue weighted by Gasteiger charge is -2.06. The molecule has 0 fully saturated rings. The van der Waals surface area contributed by atoms with E-state index >= 15 is 0 Å². The van der Waals surface area contributed by atoms with Gasteiger partial charge in [-0.05, 0) is 23.9 Å². The fourth-order valence-corrected chi connectivity index (χ4v) is 5.46. The van der Waals surface area contributed by atoms with Crippen molar-refractivity contribution < 1.29 is 0 Å². The van der Waals surface area contributed by atoms with E-state index in [1.165, 1.54) is 16.0 Å². The SMILES string of the molecule is C=CCn1c(Cc2cccs2)nnc1SCc1csc(-c2ccccc2C)n1. The molecule has 0 aliphatic heterocycles. The Morgan fingerprint density at radius 3 is 2.82 bits per heavy atom. The molecule has 0 saturated heterocycles. The molecule has 0 atom stereocenters. The van der Waals surface area contributed by atoms with Gasteiger partial charge < -0.3 is 4.57 Å². The predicted molar refractivity (Wildman–Crippen MR) is 119 cm³/mol. The molecule has 4 aromatic rings. The molecule has 28 heavy (non-hydrogen) atoms. The van der Waals surface area contributed by atoms with Crippen LogP contribution in [0.4, 0.5) is 0 Å². The molecule has 0 N–H and O–H groups in total. The molecular weight excluding hydrogens is 404 g/mol. The number of thiophene rings is 1. The third-order valence-corrected chi connectivity index (χ3v) is 7.10. The van der Waals surface area contributed by atoms with Crippen molar-refractivity contribution in [3.05, 3.63) is 81.8 Å². The lowest BCUT2D eigenvalue weighted by molar-refractivity contribution is 0.692. The zero-order chi connectivity index (χ0) is 19.3. The van der Waals surface area contributed by atoms with Gasteiger partial charge in [0.1, 0.15) is 10.8 Å². The molecular formula is C21H20N4S3. The minimum absolute atomic E-state index is 0.710. The first kappa shape index (κ1) is 19.1. The molecule has 4 nitrogen and oxygen atoms in total. The van der Waals surface area contributed by atoms with E-state index in [4.69, 9.17) is 4.98 Å². The Bertz CT molecular complexity index is 1060. The van der Waals surface area contributed by atoms with Crippen molar-refractivity contribution in [2.75, 3.05) is 0 Å². The summed E-state index contributed by atoms with van der Waals surface area (Å²) in [6.07, 6.45) is 2.69. The van der Waals surface area contributed by atoms with Crippen LogP contribution in [0.2, 0.25) is 0 Å². The van der Waals surface area contributed by atoms with Gasteiger partial charge in [-0.1, -0.05) is 48.2 Å². The number of aromatic nitrogens is 4. The summed E-state index contributed by atoms with van der Waals surface area (Å²) < 4.78 is 2.14. The highest BCUT2D eigenvalue weighted by molar-refractivity contribution is 7.98. The minimum atomic E-state index is 0.710. The first-order valence-electron chi connectivity index (χ1n) is 8.93. The van der Waals surface area contributed by atoms with Gasteiger partial charge in [-0.2, -0.15) is 0 Å². The Balaban J connectivity index is 1.48. The van der Waals surface area contributed by atoms with Crippen LogP contribution in [0.15, 0.2) is 65.0 Å². The summed E-state index contributed by atoms with van der Waals surface area (Å²) in [7, 11) is 0. The molecule has 1 aromatic carbocycles. The van der Waals surface area contributed by atoms with Crippen LogP contribution in [-0.4, -0.2) is 19.7 Å². The lowest BCUT2D eigenvalue weighted by Crippen LogP contribution is -2.04. The maximum absolute atomic E-state index is 4.82. The van der Waals surface area contributed by atoms with Crippen molar-refractivity contribution in [2.24, 2.45) is 0 Å². The average molecular weight is 425 g/mol. The molecule has 4 rings (SSSR count). The summed E-state index contributed by atoms with van der Waals surface area (Å²) in [4.78, 5) is 6.11. The Morgan fingerprint density at radius 1 is 1.14 bits per heavy atom. The van der Waals surface area contributed by atoms with Crippen LogP contribution in [0.5, 0.6) is 0 Å². The first-order valence-corrected chi connectivity index (χ1v) is 11.7. The highest BCUT2D eigenvalue weighted by Crippen LogP contribution is 2.29. The number of nitrogens with zero attached hydrogens (tertiary/aromatic N) is 4. The molecule has 3 aromatic heterocycles. The minimum Gasteiger partial charge on any atom is -0.302 e. The van der Waals surface area contributed by atoms with Crippen LogP contribution in [0.3, 0.4) is 0 Å². The fourth-order valence-electron chi connectivity index (χ4n) is 2.89. The normalized spacial score (nSPS) is 11.0. The van der Waals surface area contributed by atoms with Gasteiger partial charge in [0.25, 0.3) is 0 Å². The van der Waals surface area contributed by atoms with Gasteiger partial charge in [-0.3, -0.25) is 0 Å². The molecule has 3 heterocycles. The number of rotatable bonds is 8. The smallest absolute Gasteiger partial charge is 0.191 e. The highest BCUT2D eigenvalue weighted by atomic mass is 32.2. The van der Waals surface area contributed by atoms with E-state index in [-0.39, 0.29) is 0 Å². The zero-order valence-electron chi connectivity index (χ0n) is 15.5. The molecule has 0 aliphatic carbocycles. The van der Waals surface area contributed by atoms with Crippen LogP contribution in [0.1, 0.15) is 22.0 Å². The Labute approximate surface area is 177 Å². The van der Waals surface area contributed by atoms with Crippen molar-refractivity contribution in [3.63, 3.8) is 0 Å². The average Bonchev–Trinajstić information content (AvgIpc) is 3.44. The van der Waals surface area contributed by atoms with Crippen molar-refractivity contribution >= 4 is 34.4 Å². The van der Waals surface area contributed by atoms with Gasteiger partial charge in [-0.15, -0.1) is 39.4 Å². The van der Waals surface area contributed by atoms with Gasteiger partial charge in [-0.25, -0.2) is 4.98 Å². The number of allylic oxidation sites excluding steroid dienone is 1. The second kappa shape index (κ2) is 8.86. The van der Waals surface area contributed by atoms with Gasteiger partial charge in [0.15, 0.2) is 5.16 Å². The first-order chi connectivity index (χ1) is 13.7. The summed E-state index contributed by atoms with van der Waals surface area (Å²) in [5.41, 5.74) is 3.53. The van der Waals surface area contributed by atoms with E-state index in [0.717, 1.165) is 33.9 Å². The number of benzene rings is 1. The van der Waals surface area contributed by atoms with Crippen LogP contribution in [-0.2, 0) is 18.7 Å². The van der Waals surface area contributed by atoms with Crippen LogP contribution in [0, 0.1) is 6.92 Å². The number of thiazole rings is 1. The fraction of sp³-hybridized carbons (Fsp3) is 0.190. The largest absolute Gasteiger partial charge is 0.302 e. The summed E-state index contributed by atoms with van der Waals surface area (Å²) >= 11 is 5.11. The number of thioether (sulfide) groups is 1. The second-order valence-electron chi connectivity index (χ2n) is 6.30. The molecule has 142 valence electrons. The quantitative estimate of drug-likeness (QED) is 0.263. The molecule has 0 radical (unpaired) electrons. The molecule has 7 heteroatoms. The summed E-state index contributed by atoms with van der Waals surface area (Å²) in [5, 5.41) is 15.0. The van der Waals surface area contributed by atoms with Crippen molar-refractivity contribution in [3.8, 4) is 10.6 Å². The third-order valence-electron chi connectivity index (χ3n) is 4.29. The van der Waals surface area contributed by atoms with Crippen molar-refractivity contribution in [1.29, 1.82) is 0 Å². The number of aryl methyl sites for hydroxylation is 1. The lowest BCUT2D eigenvalue weighted by atomic mass is 10.1. The molecule has 0 saturated carbocycles. The van der Waals surface area contributed by atoms with Gasteiger partial charge in [0, 0.05) is 34.5 Å². The maximum Gasteiger partial charge on any atom is 0.191 e. The Morgan fingerprint density at radius 2 is 2.04 bits per heavy atom. The summed E-state index contributed by atoms with van der Waals surface area (Å²) in [6, 6.07) is 12.6. The maximum atomic E-state index is 4.82. The third kappa shape index (κ3) is 4.27. The van der Waals surface area contributed by atoms with Gasteiger partial charge in [0.2, 0.25) is 0 Å². The van der Waals surface area contributed by atoms with E-state index in [2.05, 4.69) is 75.4 Å². The topological polar surface area (TPSA) is 43.6 Å². The summed E-state index contributed by atoms with van der Waals surface area (Å²) in [5.74, 6) is 1.75. The molecule has 0 aliphatic rings. The second-order valence-corrected chi connectivity index (χ2v) is 9.13. The predicted octanol–water partition coefficient (Wildman–Crippen LogP) is 5.84. The monoisotopic (exact) mass is 424 g/mol. The van der Waals surface area contributed by atoms with Crippen LogP contribution >= 0.6 is 34.4 Å². The Hall–Kier alpha value is -2.22. The molecule has 0 bridgehead atoms. The van der Waals surface area contributed by atoms with E-state index in [9.17, 15) is 0 Å². The van der Waals surface area contributed by atoms with E-state index in [1.807, 2.05) is 6.08 Å². The summed E-state index contributed by atoms with van der Waals surface area (Å²) in [6.45, 7) is 6.72. The standard InChI is InChI=1S/C21H20N4S3/c1-3-10-25-19(12-17-8-6-11-26-17)23-24-21(25)28-14-16-13-27-20(22-16)18-9-5-4-7-15(18)2/h3-9,11,13H,1,10,12,14H2,2H3. The number of hydrogen-bond acceptors (Lipinski definition) is 6. The van der Waals surface area contributed by atoms with Crippen molar-refractivity contribution in [1.82, 2.24) is 19.7 Å². The van der Waals surface area contributed by atoms with Gasteiger partial charge in [0.05, 0.1) is 5.69 Å². The molecule has 0 spiro atoms. The van der Waals surface area contributed by atoms with E-state index < -0.39 is 0 Å². The molecule has 0 amide bonds. The highest BCUT2D eigenvalue weighted by Gasteiger charge is 2.14. The van der Waals surface area contributed by atoms with Crippen molar-refractivity contribution in [2.45, 2.75) is 30.8 Å². The molecule has 0 unspecified atom stereocenters. The van der Waals surface area contributed by atoms with Crippen LogP contribution in [0.25, 0.3) is 10.6 Å². The van der Waals surface area contributed by atoms with E-state index in [0.29, 0.717) is 6.54 Å². The number of hydrogen-bond donors (Lipinski definition) is 0. The van der Waals surface area contributed by atoms with Gasteiger partial charge >= 0.3 is 0 Å². The Kier molecular flexibility index (Phi) is 6.04. The zero-order valence-corrected chi connectivity index (χ0v) is 18.0. The van der Waals surface area contributed by atoms with E-state index in [1.54, 1.807) is 34.4 Å².